The van der Waals surface area contributed by atoms with Crippen LogP contribution in [-0.2, 0) is 32.7 Å². The van der Waals surface area contributed by atoms with E-state index in [1.807, 2.05) is 0 Å². The number of carboxylic acid groups (broad SMARTS) is 1. The quantitative estimate of drug-likeness (QED) is 0.0718. The van der Waals surface area contributed by atoms with Gasteiger partial charge in [-0.25, -0.2) is 9.36 Å². The van der Waals surface area contributed by atoms with Crippen LogP contribution >= 0.6 is 7.82 Å². The third-order valence-electron chi connectivity index (χ3n) is 5.70. The molecule has 0 fully saturated rings. The minimum Gasteiger partial charge on any atom is -0.480 e. The highest BCUT2D eigenvalue weighted by molar-refractivity contribution is 7.47. The maximum Gasteiger partial charge on any atom is 0.472 e. The summed E-state index contributed by atoms with van der Waals surface area (Å²) in [7, 11) is -4.70. The number of carbonyl (C=O) groups excluding carboxylic acids is 2. The number of aliphatic hydroxyl groups is 1. The Morgan fingerprint density at radius 1 is 0.784 bits per heavy atom. The topological polar surface area (TPSA) is 169 Å². The highest BCUT2D eigenvalue weighted by atomic mass is 31.2. The molecule has 0 heterocycles. The predicted molar refractivity (Wildman–Crippen MR) is 139 cm³/mol. The molecule has 0 aliphatic heterocycles. The molecule has 0 saturated carbocycles. The number of carboxylic acids is 1. The fourth-order valence-corrected chi connectivity index (χ4v) is 4.34. The molecular weight excluding hydrogens is 505 g/mol. The van der Waals surface area contributed by atoms with Crippen molar-refractivity contribution in [1.29, 1.82) is 0 Å². The highest BCUT2D eigenvalue weighted by Gasteiger charge is 2.28. The fraction of sp³-hybridized carbons (Fsp3) is 0.880. The molecule has 1 amide bonds. The van der Waals surface area contributed by atoms with Crippen LogP contribution in [0.4, 0.5) is 0 Å². The van der Waals surface area contributed by atoms with Gasteiger partial charge in [-0.1, -0.05) is 90.4 Å². The number of phosphoric acid groups is 1. The molecule has 0 aromatic carbocycles. The molecule has 0 rings (SSSR count). The second-order valence-electron chi connectivity index (χ2n) is 9.32. The lowest BCUT2D eigenvalue weighted by atomic mass is 10.0. The third kappa shape index (κ3) is 23.3. The number of hydrogen-bond donors (Lipinski definition) is 4. The molecule has 37 heavy (non-hydrogen) atoms. The van der Waals surface area contributed by atoms with Crippen LogP contribution in [0.5, 0.6) is 0 Å². The van der Waals surface area contributed by atoms with E-state index in [4.69, 9.17) is 0 Å². The van der Waals surface area contributed by atoms with Crippen LogP contribution in [0.2, 0.25) is 0 Å². The molecule has 3 atom stereocenters. The number of ether oxygens (including phenoxy) is 1. The van der Waals surface area contributed by atoms with E-state index in [-0.39, 0.29) is 6.42 Å². The monoisotopic (exact) mass is 553 g/mol. The van der Waals surface area contributed by atoms with Crippen molar-refractivity contribution < 1.29 is 47.8 Å². The number of unbranched alkanes of at least 4 members (excludes halogenated alkanes) is 13. The molecule has 0 aromatic heterocycles. The minimum atomic E-state index is -4.70. The zero-order chi connectivity index (χ0) is 27.9. The number of amides is 1. The molecule has 0 aromatic rings. The fourth-order valence-electron chi connectivity index (χ4n) is 3.57. The maximum absolute atomic E-state index is 12.1. The Morgan fingerprint density at radius 3 is 1.70 bits per heavy atom. The van der Waals surface area contributed by atoms with Gasteiger partial charge in [-0.05, 0) is 6.42 Å². The van der Waals surface area contributed by atoms with Crippen LogP contribution < -0.4 is 5.32 Å². The average Bonchev–Trinajstić information content (AvgIpc) is 2.84. The normalized spacial score (nSPS) is 14.5. The van der Waals surface area contributed by atoms with E-state index in [1.165, 1.54) is 64.2 Å². The molecule has 0 bridgehead atoms. The molecule has 0 spiro atoms. The molecule has 0 radical (unpaired) electrons. The van der Waals surface area contributed by atoms with Crippen LogP contribution in [0, 0.1) is 0 Å². The number of esters is 1. The largest absolute Gasteiger partial charge is 0.480 e. The van der Waals surface area contributed by atoms with Gasteiger partial charge in [0.2, 0.25) is 5.91 Å². The van der Waals surface area contributed by atoms with Gasteiger partial charge in [-0.2, -0.15) is 0 Å². The summed E-state index contributed by atoms with van der Waals surface area (Å²) >= 11 is 0. The van der Waals surface area contributed by atoms with Gasteiger partial charge in [0.25, 0.3) is 0 Å². The first-order valence-electron chi connectivity index (χ1n) is 13.5. The molecule has 218 valence electrons. The maximum atomic E-state index is 12.1. The van der Waals surface area contributed by atoms with Crippen molar-refractivity contribution in [3.63, 3.8) is 0 Å². The summed E-state index contributed by atoms with van der Waals surface area (Å²) in [6.07, 6.45) is 15.4. The number of phosphoric ester groups is 1. The number of rotatable bonds is 25. The van der Waals surface area contributed by atoms with E-state index in [2.05, 4.69) is 26.0 Å². The Balaban J connectivity index is 3.93. The van der Waals surface area contributed by atoms with Gasteiger partial charge in [-0.15, -0.1) is 0 Å². The van der Waals surface area contributed by atoms with Crippen molar-refractivity contribution in [2.75, 3.05) is 19.8 Å². The number of nitrogens with one attached hydrogen (secondary N) is 1. The van der Waals surface area contributed by atoms with E-state index in [1.54, 1.807) is 0 Å². The molecular formula is C25H48NO10P. The van der Waals surface area contributed by atoms with Crippen LogP contribution in [0.15, 0.2) is 0 Å². The van der Waals surface area contributed by atoms with Gasteiger partial charge < -0.3 is 25.2 Å². The number of hydrogen-bond acceptors (Lipinski definition) is 8. The Bertz CT molecular complexity index is 676. The van der Waals surface area contributed by atoms with E-state index < -0.39 is 57.6 Å². The summed E-state index contributed by atoms with van der Waals surface area (Å²) in [5, 5.41) is 21.1. The Labute approximate surface area is 221 Å². The van der Waals surface area contributed by atoms with Crippen molar-refractivity contribution in [2.45, 2.75) is 122 Å². The van der Waals surface area contributed by atoms with Crippen molar-refractivity contribution in [2.24, 2.45) is 0 Å². The van der Waals surface area contributed by atoms with Gasteiger partial charge in [0, 0.05) is 13.3 Å². The standard InChI is InChI=1S/C25H48NO10P/c1-3-4-5-6-7-8-9-10-11-12-13-14-15-16-17-24(29)26-23(25(30)31)20-36-37(32,33)35-19-22(28)18-34-21(2)27/h22-23,28H,3-20H2,1-2H3,(H,26,29)(H,30,31)(H,32,33). The van der Waals surface area contributed by atoms with Gasteiger partial charge in [0.15, 0.2) is 6.04 Å². The molecule has 12 heteroatoms. The summed E-state index contributed by atoms with van der Waals surface area (Å²) < 4.78 is 25.6. The van der Waals surface area contributed by atoms with E-state index >= 15 is 0 Å². The lowest BCUT2D eigenvalue weighted by Gasteiger charge is -2.18. The smallest absolute Gasteiger partial charge is 0.472 e. The van der Waals surface area contributed by atoms with Crippen molar-refractivity contribution in [3.05, 3.63) is 0 Å². The summed E-state index contributed by atoms with van der Waals surface area (Å²) in [4.78, 5) is 43.8. The van der Waals surface area contributed by atoms with Crippen molar-refractivity contribution in [1.82, 2.24) is 5.32 Å². The Kier molecular flexibility index (Phi) is 21.5. The van der Waals surface area contributed by atoms with Gasteiger partial charge in [0.05, 0.1) is 13.2 Å². The lowest BCUT2D eigenvalue weighted by Crippen LogP contribution is -2.43. The summed E-state index contributed by atoms with van der Waals surface area (Å²) in [6.45, 7) is 1.44. The molecule has 0 aliphatic rings. The van der Waals surface area contributed by atoms with Crippen molar-refractivity contribution >= 4 is 25.7 Å². The minimum absolute atomic E-state index is 0.150. The number of carbonyl (C=O) groups is 3. The zero-order valence-corrected chi connectivity index (χ0v) is 23.4. The summed E-state index contributed by atoms with van der Waals surface area (Å²) in [5.41, 5.74) is 0. The summed E-state index contributed by atoms with van der Waals surface area (Å²) in [5.74, 6) is -2.55. The van der Waals surface area contributed by atoms with E-state index in [9.17, 15) is 34.1 Å². The molecule has 0 saturated heterocycles. The van der Waals surface area contributed by atoms with Gasteiger partial charge in [-0.3, -0.25) is 18.6 Å². The number of aliphatic carboxylic acids is 1. The Hall–Kier alpha value is -1.52. The molecule has 4 N–H and O–H groups in total. The predicted octanol–water partition coefficient (Wildman–Crippen LogP) is 4.48. The van der Waals surface area contributed by atoms with E-state index in [0.29, 0.717) is 6.42 Å². The van der Waals surface area contributed by atoms with Crippen molar-refractivity contribution in [3.8, 4) is 0 Å². The molecule has 3 unspecified atom stereocenters. The highest BCUT2D eigenvalue weighted by Crippen LogP contribution is 2.43. The molecule has 11 nitrogen and oxygen atoms in total. The van der Waals surface area contributed by atoms with Gasteiger partial charge in [0.1, 0.15) is 12.7 Å². The summed E-state index contributed by atoms with van der Waals surface area (Å²) in [6, 6.07) is -1.53. The average molecular weight is 554 g/mol. The zero-order valence-electron chi connectivity index (χ0n) is 22.5. The first-order valence-corrected chi connectivity index (χ1v) is 15.0. The van der Waals surface area contributed by atoms with Crippen LogP contribution in [0.1, 0.15) is 110 Å². The second-order valence-corrected chi connectivity index (χ2v) is 10.8. The lowest BCUT2D eigenvalue weighted by molar-refractivity contribution is -0.144. The first kappa shape index (κ1) is 35.5. The SMILES string of the molecule is CCCCCCCCCCCCCCCCC(=O)NC(COP(=O)(O)OCC(O)COC(C)=O)C(=O)O. The second kappa shape index (κ2) is 22.5. The van der Waals surface area contributed by atoms with Crippen LogP contribution in [0.25, 0.3) is 0 Å². The van der Waals surface area contributed by atoms with E-state index in [0.717, 1.165) is 26.2 Å². The van der Waals surface area contributed by atoms with Gasteiger partial charge >= 0.3 is 19.8 Å². The number of aliphatic hydroxyl groups excluding tert-OH is 1. The third-order valence-corrected chi connectivity index (χ3v) is 6.65. The Morgan fingerprint density at radius 2 is 1.24 bits per heavy atom. The van der Waals surface area contributed by atoms with Crippen LogP contribution in [-0.4, -0.2) is 64.9 Å². The van der Waals surface area contributed by atoms with Crippen LogP contribution in [0.3, 0.4) is 0 Å². The first-order chi connectivity index (χ1) is 17.6. The molecule has 0 aliphatic carbocycles.